The maximum absolute atomic E-state index is 13.0. The Morgan fingerprint density at radius 2 is 1.68 bits per heavy atom. The highest BCUT2D eigenvalue weighted by Gasteiger charge is 2.23. The van der Waals surface area contributed by atoms with E-state index in [1.165, 1.54) is 48.5 Å². The van der Waals surface area contributed by atoms with Crippen molar-refractivity contribution in [3.8, 4) is 0 Å². The third-order valence-corrected chi connectivity index (χ3v) is 3.76. The van der Waals surface area contributed by atoms with Gasteiger partial charge in [0.05, 0.1) is 4.92 Å². The molecule has 0 radical (unpaired) electrons. The minimum atomic E-state index is -0.706. The highest BCUT2D eigenvalue weighted by atomic mass is 35.5. The number of carbonyl (C=O) groups excluding carboxylic acids is 1. The Bertz CT molecular complexity index is 1010. The molecule has 1 heterocycles. The van der Waals surface area contributed by atoms with Gasteiger partial charge in [0, 0.05) is 16.3 Å². The molecule has 0 spiro atoms. The van der Waals surface area contributed by atoms with Gasteiger partial charge in [0.15, 0.2) is 0 Å². The standard InChI is InChI=1S/C17H12ClFN6O3/c18-11-3-1-10(2-4-11)17(26)24-23-16-14(25(27)28)15(20-9-21-16)22-13-7-5-12(19)6-8-13/h1-9H,(H,24,26)(H2,20,21,22,23). The summed E-state index contributed by atoms with van der Waals surface area (Å²) in [4.78, 5) is 30.6. The van der Waals surface area contributed by atoms with E-state index in [0.717, 1.165) is 6.33 Å². The van der Waals surface area contributed by atoms with Crippen LogP contribution in [0.15, 0.2) is 54.9 Å². The van der Waals surface area contributed by atoms with Crippen LogP contribution in [0.2, 0.25) is 5.02 Å². The lowest BCUT2D eigenvalue weighted by Crippen LogP contribution is -2.30. The maximum Gasteiger partial charge on any atom is 0.355 e. The lowest BCUT2D eigenvalue weighted by Gasteiger charge is -2.11. The molecule has 9 nitrogen and oxygen atoms in total. The Morgan fingerprint density at radius 1 is 1.04 bits per heavy atom. The summed E-state index contributed by atoms with van der Waals surface area (Å²) in [5.41, 5.74) is 4.92. The fourth-order valence-electron chi connectivity index (χ4n) is 2.19. The zero-order valence-corrected chi connectivity index (χ0v) is 14.8. The summed E-state index contributed by atoms with van der Waals surface area (Å²) in [6.07, 6.45) is 1.08. The molecule has 3 aromatic rings. The zero-order chi connectivity index (χ0) is 20.1. The zero-order valence-electron chi connectivity index (χ0n) is 14.0. The second kappa shape index (κ2) is 8.27. The van der Waals surface area contributed by atoms with Gasteiger partial charge in [0.2, 0.25) is 11.6 Å². The summed E-state index contributed by atoms with van der Waals surface area (Å²) in [5, 5.41) is 14.7. The monoisotopic (exact) mass is 402 g/mol. The third kappa shape index (κ3) is 4.48. The van der Waals surface area contributed by atoms with Crippen molar-refractivity contribution in [2.45, 2.75) is 0 Å². The molecule has 3 rings (SSSR count). The number of hydrazine groups is 1. The summed E-state index contributed by atoms with van der Waals surface area (Å²) in [7, 11) is 0. The molecule has 0 atom stereocenters. The molecule has 28 heavy (non-hydrogen) atoms. The molecule has 0 bridgehead atoms. The lowest BCUT2D eigenvalue weighted by molar-refractivity contribution is -0.383. The van der Waals surface area contributed by atoms with E-state index in [1.54, 1.807) is 0 Å². The van der Waals surface area contributed by atoms with E-state index in [2.05, 4.69) is 26.1 Å². The number of anilines is 3. The predicted octanol–water partition coefficient (Wildman–Crippen LogP) is 3.68. The van der Waals surface area contributed by atoms with E-state index in [1.807, 2.05) is 0 Å². The van der Waals surface area contributed by atoms with Gasteiger partial charge in [-0.3, -0.25) is 25.8 Å². The number of benzene rings is 2. The number of hydrogen-bond donors (Lipinski definition) is 3. The number of rotatable bonds is 6. The van der Waals surface area contributed by atoms with Gasteiger partial charge in [-0.1, -0.05) is 11.6 Å². The van der Waals surface area contributed by atoms with Crippen LogP contribution in [0.4, 0.5) is 27.4 Å². The molecule has 0 saturated heterocycles. The molecule has 0 aliphatic rings. The molecule has 0 saturated carbocycles. The molecular weight excluding hydrogens is 391 g/mol. The van der Waals surface area contributed by atoms with Crippen molar-refractivity contribution in [1.29, 1.82) is 0 Å². The number of halogens is 2. The number of amides is 1. The molecule has 11 heteroatoms. The molecular formula is C17H12ClFN6O3. The van der Waals surface area contributed by atoms with E-state index >= 15 is 0 Å². The average molecular weight is 403 g/mol. The number of nitrogens with one attached hydrogen (secondary N) is 3. The summed E-state index contributed by atoms with van der Waals surface area (Å²) in [6, 6.07) is 11.3. The number of aromatic nitrogens is 2. The highest BCUT2D eigenvalue weighted by molar-refractivity contribution is 6.30. The Kier molecular flexibility index (Phi) is 5.61. The molecule has 3 N–H and O–H groups in total. The first kappa shape index (κ1) is 19.0. The SMILES string of the molecule is O=C(NNc1ncnc(Nc2ccc(F)cc2)c1[N+](=O)[O-])c1ccc(Cl)cc1. The highest BCUT2D eigenvalue weighted by Crippen LogP contribution is 2.30. The van der Waals surface area contributed by atoms with E-state index < -0.39 is 22.3 Å². The number of carbonyl (C=O) groups is 1. The summed E-state index contributed by atoms with van der Waals surface area (Å²) in [5.74, 6) is -1.35. The van der Waals surface area contributed by atoms with Crippen molar-refractivity contribution in [1.82, 2.24) is 15.4 Å². The minimum absolute atomic E-state index is 0.130. The first-order valence-corrected chi connectivity index (χ1v) is 8.16. The Balaban J connectivity index is 1.80. The van der Waals surface area contributed by atoms with Crippen LogP contribution in [0, 0.1) is 15.9 Å². The van der Waals surface area contributed by atoms with Crippen molar-refractivity contribution in [3.63, 3.8) is 0 Å². The Morgan fingerprint density at radius 3 is 2.32 bits per heavy atom. The summed E-state index contributed by atoms with van der Waals surface area (Å²) in [6.45, 7) is 0. The van der Waals surface area contributed by atoms with Crippen molar-refractivity contribution >= 4 is 40.5 Å². The number of nitrogens with zero attached hydrogens (tertiary/aromatic N) is 3. The quantitative estimate of drug-likeness (QED) is 0.424. The van der Waals surface area contributed by atoms with E-state index in [0.29, 0.717) is 16.3 Å². The topological polar surface area (TPSA) is 122 Å². The molecule has 2 aromatic carbocycles. The van der Waals surface area contributed by atoms with Crippen molar-refractivity contribution in [3.05, 3.63) is 81.4 Å². The molecule has 0 aliphatic heterocycles. The predicted molar refractivity (Wildman–Crippen MR) is 101 cm³/mol. The molecule has 0 unspecified atom stereocenters. The smallest absolute Gasteiger partial charge is 0.334 e. The van der Waals surface area contributed by atoms with Crippen LogP contribution >= 0.6 is 11.6 Å². The number of hydrogen-bond acceptors (Lipinski definition) is 7. The van der Waals surface area contributed by atoms with Crippen LogP contribution in [0.25, 0.3) is 0 Å². The van der Waals surface area contributed by atoms with Crippen LogP contribution in [-0.2, 0) is 0 Å². The van der Waals surface area contributed by atoms with Crippen LogP contribution in [0.5, 0.6) is 0 Å². The normalized spacial score (nSPS) is 10.2. The number of nitro groups is 1. The van der Waals surface area contributed by atoms with Gasteiger partial charge in [-0.15, -0.1) is 0 Å². The molecule has 0 aliphatic carbocycles. The average Bonchev–Trinajstić information content (AvgIpc) is 2.68. The van der Waals surface area contributed by atoms with Crippen LogP contribution in [0.3, 0.4) is 0 Å². The van der Waals surface area contributed by atoms with Gasteiger partial charge in [0.25, 0.3) is 5.91 Å². The van der Waals surface area contributed by atoms with Gasteiger partial charge >= 0.3 is 5.69 Å². The molecule has 142 valence electrons. The van der Waals surface area contributed by atoms with E-state index in [-0.39, 0.29) is 11.6 Å². The summed E-state index contributed by atoms with van der Waals surface area (Å²) >= 11 is 5.77. The molecule has 0 fully saturated rings. The van der Waals surface area contributed by atoms with Crippen LogP contribution < -0.4 is 16.2 Å². The van der Waals surface area contributed by atoms with Crippen LogP contribution in [0.1, 0.15) is 10.4 Å². The molecule has 1 amide bonds. The second-order valence-electron chi connectivity index (χ2n) is 5.39. The van der Waals surface area contributed by atoms with Crippen molar-refractivity contribution < 1.29 is 14.1 Å². The van der Waals surface area contributed by atoms with Gasteiger partial charge < -0.3 is 5.32 Å². The molecule has 1 aromatic heterocycles. The van der Waals surface area contributed by atoms with E-state index in [9.17, 15) is 19.3 Å². The van der Waals surface area contributed by atoms with Crippen LogP contribution in [-0.4, -0.2) is 20.8 Å². The largest absolute Gasteiger partial charge is 0.355 e. The Labute approximate surface area is 162 Å². The lowest BCUT2D eigenvalue weighted by atomic mass is 10.2. The van der Waals surface area contributed by atoms with Gasteiger partial charge in [-0.25, -0.2) is 14.4 Å². The maximum atomic E-state index is 13.0. The van der Waals surface area contributed by atoms with Gasteiger partial charge in [-0.2, -0.15) is 0 Å². The fourth-order valence-corrected chi connectivity index (χ4v) is 2.32. The van der Waals surface area contributed by atoms with Gasteiger partial charge in [-0.05, 0) is 48.5 Å². The first-order chi connectivity index (χ1) is 13.4. The Hall–Kier alpha value is -3.79. The first-order valence-electron chi connectivity index (χ1n) is 7.78. The summed E-state index contributed by atoms with van der Waals surface area (Å²) < 4.78 is 13.0. The third-order valence-electron chi connectivity index (χ3n) is 3.51. The van der Waals surface area contributed by atoms with Crippen molar-refractivity contribution in [2.24, 2.45) is 0 Å². The van der Waals surface area contributed by atoms with Crippen molar-refractivity contribution in [2.75, 3.05) is 10.7 Å². The van der Waals surface area contributed by atoms with Gasteiger partial charge in [0.1, 0.15) is 12.1 Å². The minimum Gasteiger partial charge on any atom is -0.334 e. The van der Waals surface area contributed by atoms with E-state index in [4.69, 9.17) is 11.6 Å². The second-order valence-corrected chi connectivity index (χ2v) is 5.83. The fraction of sp³-hybridized carbons (Fsp3) is 0.